The van der Waals surface area contributed by atoms with Gasteiger partial charge in [-0.15, -0.1) is 5.10 Å². The van der Waals surface area contributed by atoms with Crippen molar-refractivity contribution in [2.24, 2.45) is 17.3 Å². The Morgan fingerprint density at radius 3 is 2.74 bits per heavy atom. The third kappa shape index (κ3) is 5.52. The number of fused-ring (bicyclic) bond motifs is 5. The summed E-state index contributed by atoms with van der Waals surface area (Å²) in [6.45, 7) is 3.04. The summed E-state index contributed by atoms with van der Waals surface area (Å²) in [6, 6.07) is 16.9. The van der Waals surface area contributed by atoms with Crippen molar-refractivity contribution in [3.8, 4) is 11.4 Å². The molecule has 0 N–H and O–H groups in total. The maximum absolute atomic E-state index is 12.6. The summed E-state index contributed by atoms with van der Waals surface area (Å²) in [5, 5.41) is 13.0. The number of unbranched alkanes of at least 4 members (excludes halogenated alkanes) is 4. The van der Waals surface area contributed by atoms with Gasteiger partial charge >= 0.3 is 0 Å². The average molecular weight is 545 g/mol. The van der Waals surface area contributed by atoms with Crippen LogP contribution in [0, 0.1) is 17.3 Å². The lowest BCUT2D eigenvalue weighted by atomic mass is 9.55. The zero-order valence-corrected chi connectivity index (χ0v) is 23.9. The fourth-order valence-corrected chi connectivity index (χ4v) is 8.40. The summed E-state index contributed by atoms with van der Waals surface area (Å²) in [5.41, 5.74) is 3.98. The highest BCUT2D eigenvalue weighted by atomic mass is 32.2. The minimum atomic E-state index is -0.0404. The van der Waals surface area contributed by atoms with Crippen molar-refractivity contribution in [3.05, 3.63) is 59.7 Å². The maximum atomic E-state index is 12.6. The molecule has 6 nitrogen and oxygen atoms in total. The molecule has 2 fully saturated rings. The number of aromatic nitrogens is 4. The normalized spacial score (nSPS) is 25.7. The van der Waals surface area contributed by atoms with Gasteiger partial charge in [0.15, 0.2) is 0 Å². The van der Waals surface area contributed by atoms with Crippen LogP contribution < -0.4 is 4.74 Å². The van der Waals surface area contributed by atoms with Crippen molar-refractivity contribution in [2.75, 3.05) is 12.4 Å². The summed E-state index contributed by atoms with van der Waals surface area (Å²) in [6.07, 6.45) is 12.4. The Hall–Kier alpha value is -2.67. The molecule has 0 saturated heterocycles. The standard InChI is InChI=1S/C32H40N4O2S/c1-32-19-18-27-26-15-13-25(22-23(26)12-14-28(27)29(32)16-17-30(32)37)38-20-8-3-2-4-9-21-39-31-33-34-35-36(31)24-10-6-5-7-11-24/h5-7,10-11,13,15,22,27-29H,2-4,8-9,12,14,16-21H2,1H3/t27?,28?,29?,32-/m0/s1. The molecule has 4 atom stereocenters. The topological polar surface area (TPSA) is 69.9 Å². The Morgan fingerprint density at radius 1 is 1.00 bits per heavy atom. The number of aryl methyl sites for hydroxylation is 1. The second-order valence-corrected chi connectivity index (χ2v) is 12.9. The molecule has 2 aromatic carbocycles. The molecule has 206 valence electrons. The number of hydrogen-bond acceptors (Lipinski definition) is 6. The number of tetrazole rings is 1. The Morgan fingerprint density at radius 2 is 1.85 bits per heavy atom. The van der Waals surface area contributed by atoms with Crippen molar-refractivity contribution in [1.29, 1.82) is 0 Å². The first-order chi connectivity index (χ1) is 19.1. The lowest BCUT2D eigenvalue weighted by molar-refractivity contribution is -0.129. The molecule has 0 aliphatic heterocycles. The zero-order valence-electron chi connectivity index (χ0n) is 23.1. The van der Waals surface area contributed by atoms with E-state index in [1.807, 2.05) is 35.0 Å². The van der Waals surface area contributed by atoms with Gasteiger partial charge < -0.3 is 4.74 Å². The van der Waals surface area contributed by atoms with Crippen LogP contribution in [0.5, 0.6) is 5.75 Å². The molecule has 3 aliphatic carbocycles. The highest BCUT2D eigenvalue weighted by Gasteiger charge is 2.54. The number of rotatable bonds is 11. The monoisotopic (exact) mass is 544 g/mol. The van der Waals surface area contributed by atoms with Crippen LogP contribution in [-0.2, 0) is 11.2 Å². The number of benzene rings is 2. The van der Waals surface area contributed by atoms with Crippen LogP contribution in [0.3, 0.4) is 0 Å². The Bertz CT molecular complexity index is 1280. The van der Waals surface area contributed by atoms with Crippen molar-refractivity contribution in [3.63, 3.8) is 0 Å². The molecule has 3 aromatic rings. The number of thioether (sulfide) groups is 1. The maximum Gasteiger partial charge on any atom is 0.214 e. The number of ether oxygens (including phenoxy) is 1. The number of carbonyl (C=O) groups excluding carboxylic acids is 1. The Labute approximate surface area is 236 Å². The van der Waals surface area contributed by atoms with Crippen molar-refractivity contribution in [1.82, 2.24) is 20.2 Å². The van der Waals surface area contributed by atoms with E-state index >= 15 is 0 Å². The van der Waals surface area contributed by atoms with E-state index in [1.54, 1.807) is 11.8 Å². The first kappa shape index (κ1) is 26.5. The summed E-state index contributed by atoms with van der Waals surface area (Å²) < 4.78 is 7.97. The van der Waals surface area contributed by atoms with Gasteiger partial charge in [0.2, 0.25) is 5.16 Å². The van der Waals surface area contributed by atoms with Crippen LogP contribution in [0.2, 0.25) is 0 Å². The third-order valence-corrected chi connectivity index (χ3v) is 10.6. The molecule has 7 heteroatoms. The molecule has 1 heterocycles. The molecule has 0 radical (unpaired) electrons. The molecule has 0 bridgehead atoms. The van der Waals surface area contributed by atoms with E-state index in [4.69, 9.17) is 4.74 Å². The Kier molecular flexibility index (Phi) is 8.05. The fraction of sp³-hybridized carbons (Fsp3) is 0.562. The van der Waals surface area contributed by atoms with E-state index in [2.05, 4.69) is 40.6 Å². The predicted octanol–water partition coefficient (Wildman–Crippen LogP) is 7.21. The number of carbonyl (C=O) groups is 1. The number of nitrogens with zero attached hydrogens (tertiary/aromatic N) is 4. The van der Waals surface area contributed by atoms with Gasteiger partial charge in [-0.25, -0.2) is 0 Å². The molecule has 3 aliphatic rings. The SMILES string of the molecule is C[C@]12CCC3c4ccc(OCCCCCCCSc5nnnn5-c5ccccc5)cc4CCC3C1CCC2=O. The molecule has 1 aromatic heterocycles. The van der Waals surface area contributed by atoms with E-state index in [-0.39, 0.29) is 5.41 Å². The quantitative estimate of drug-likeness (QED) is 0.188. The molecule has 3 unspecified atom stereocenters. The van der Waals surface area contributed by atoms with Gasteiger partial charge in [-0.2, -0.15) is 4.68 Å². The molecular weight excluding hydrogens is 504 g/mol. The van der Waals surface area contributed by atoms with Crippen LogP contribution in [0.15, 0.2) is 53.7 Å². The van der Waals surface area contributed by atoms with Crippen LogP contribution in [-0.4, -0.2) is 38.4 Å². The molecule has 2 saturated carbocycles. The zero-order chi connectivity index (χ0) is 26.7. The predicted molar refractivity (Wildman–Crippen MR) is 155 cm³/mol. The fourth-order valence-electron chi connectivity index (χ4n) is 7.51. The van der Waals surface area contributed by atoms with Gasteiger partial charge in [0.05, 0.1) is 12.3 Å². The smallest absolute Gasteiger partial charge is 0.214 e. The average Bonchev–Trinajstić information content (AvgIpc) is 3.56. The van der Waals surface area contributed by atoms with Gasteiger partial charge in [0.25, 0.3) is 0 Å². The van der Waals surface area contributed by atoms with Crippen LogP contribution in [0.4, 0.5) is 0 Å². The largest absolute Gasteiger partial charge is 0.494 e. The van der Waals surface area contributed by atoms with Crippen LogP contribution in [0.25, 0.3) is 5.69 Å². The van der Waals surface area contributed by atoms with Gasteiger partial charge in [0.1, 0.15) is 11.5 Å². The lowest BCUT2D eigenvalue weighted by Gasteiger charge is -2.48. The van der Waals surface area contributed by atoms with E-state index < -0.39 is 0 Å². The summed E-state index contributed by atoms with van der Waals surface area (Å²) >= 11 is 1.72. The molecule has 0 amide bonds. The number of ketones is 1. The van der Waals surface area contributed by atoms with Crippen molar-refractivity contribution >= 4 is 17.5 Å². The van der Waals surface area contributed by atoms with Gasteiger partial charge in [0, 0.05) is 17.6 Å². The molecule has 39 heavy (non-hydrogen) atoms. The number of para-hydroxylation sites is 1. The molecule has 6 rings (SSSR count). The van der Waals surface area contributed by atoms with E-state index in [9.17, 15) is 4.79 Å². The van der Waals surface area contributed by atoms with Gasteiger partial charge in [-0.05, 0) is 109 Å². The van der Waals surface area contributed by atoms with E-state index in [0.29, 0.717) is 23.5 Å². The molecular formula is C32H40N4O2S. The molecule has 0 spiro atoms. The van der Waals surface area contributed by atoms with Gasteiger partial charge in [-0.1, -0.05) is 62.2 Å². The van der Waals surface area contributed by atoms with E-state index in [0.717, 1.165) is 67.5 Å². The Balaban J connectivity index is 0.894. The third-order valence-electron chi connectivity index (χ3n) is 9.64. The van der Waals surface area contributed by atoms with Crippen molar-refractivity contribution < 1.29 is 9.53 Å². The first-order valence-corrected chi connectivity index (χ1v) is 15.9. The summed E-state index contributed by atoms with van der Waals surface area (Å²) in [7, 11) is 0. The minimum absolute atomic E-state index is 0.0404. The van der Waals surface area contributed by atoms with Gasteiger partial charge in [-0.3, -0.25) is 4.79 Å². The number of hydrogen-bond donors (Lipinski definition) is 0. The highest BCUT2D eigenvalue weighted by molar-refractivity contribution is 7.99. The van der Waals surface area contributed by atoms with E-state index in [1.165, 1.54) is 43.2 Å². The van der Waals surface area contributed by atoms with Crippen LogP contribution >= 0.6 is 11.8 Å². The second kappa shape index (κ2) is 11.8. The minimum Gasteiger partial charge on any atom is -0.494 e. The highest BCUT2D eigenvalue weighted by Crippen LogP contribution is 2.59. The lowest BCUT2D eigenvalue weighted by Crippen LogP contribution is -2.42. The summed E-state index contributed by atoms with van der Waals surface area (Å²) in [5.74, 6) is 4.50. The summed E-state index contributed by atoms with van der Waals surface area (Å²) in [4.78, 5) is 12.6. The van der Waals surface area contributed by atoms with Crippen molar-refractivity contribution in [2.45, 2.75) is 88.6 Å². The first-order valence-electron chi connectivity index (χ1n) is 14.9. The number of Topliss-reactive ketones (excluding diaryl/α,β-unsaturated/α-hetero) is 1. The van der Waals surface area contributed by atoms with Crippen LogP contribution in [0.1, 0.15) is 88.2 Å². The second-order valence-electron chi connectivity index (χ2n) is 11.9.